The van der Waals surface area contributed by atoms with Crippen molar-refractivity contribution in [3.63, 3.8) is 0 Å². The number of halogens is 2. The predicted molar refractivity (Wildman–Crippen MR) is 104 cm³/mol. The summed E-state index contributed by atoms with van der Waals surface area (Å²) in [5.41, 5.74) is 0.658. The summed E-state index contributed by atoms with van der Waals surface area (Å²) < 4.78 is 0. The van der Waals surface area contributed by atoms with Crippen LogP contribution in [0.2, 0.25) is 10.6 Å². The van der Waals surface area contributed by atoms with Crippen LogP contribution in [-0.2, 0) is 0 Å². The summed E-state index contributed by atoms with van der Waals surface area (Å²) >= 11 is 11.4. The molecule has 0 aliphatic rings. The number of pyridine rings is 1. The largest absolute Gasteiger partial charge is 0.477 e. The van der Waals surface area contributed by atoms with Crippen molar-refractivity contribution in [3.8, 4) is 11.8 Å². The molecule has 1 aromatic carbocycles. The summed E-state index contributed by atoms with van der Waals surface area (Å²) in [5.74, 6) is 3.05. The molecule has 29 heavy (non-hydrogen) atoms. The number of hydrogen-bond acceptors (Lipinski definition) is 7. The summed E-state index contributed by atoms with van der Waals surface area (Å²) in [7, 11) is 0. The van der Waals surface area contributed by atoms with Gasteiger partial charge in [0.25, 0.3) is 0 Å². The molecule has 2 aromatic heterocycles. The van der Waals surface area contributed by atoms with E-state index in [1.165, 1.54) is 12.1 Å². The van der Waals surface area contributed by atoms with Gasteiger partial charge in [0.1, 0.15) is 11.4 Å². The maximum atomic E-state index is 11.1. The average molecular weight is 430 g/mol. The van der Waals surface area contributed by atoms with Gasteiger partial charge in [-0.05, 0) is 59.6 Å². The molecule has 0 atom stereocenters. The third-order valence-corrected chi connectivity index (χ3v) is 3.67. The Morgan fingerprint density at radius 3 is 1.83 bits per heavy atom. The molecule has 0 spiro atoms. The molecule has 0 radical (unpaired) electrons. The number of hydrogen-bond donors (Lipinski definition) is 3. The van der Waals surface area contributed by atoms with Gasteiger partial charge in [-0.2, -0.15) is 15.0 Å². The number of nitrogens with zero attached hydrogens (tertiary/aromatic N) is 4. The highest BCUT2D eigenvalue weighted by molar-refractivity contribution is 6.31. The molecule has 3 aromatic rings. The van der Waals surface area contributed by atoms with E-state index in [1.54, 1.807) is 24.3 Å². The molecule has 11 heteroatoms. The predicted octanol–water partition coefficient (Wildman–Crippen LogP) is 3.11. The van der Waals surface area contributed by atoms with E-state index in [9.17, 15) is 9.59 Å². The molecule has 0 fully saturated rings. The molecule has 3 rings (SSSR count). The number of carboxylic acids is 2. The van der Waals surface area contributed by atoms with Crippen LogP contribution >= 0.6 is 23.2 Å². The number of aromatic carboxylic acids is 2. The van der Waals surface area contributed by atoms with E-state index in [0.717, 1.165) is 0 Å². The summed E-state index contributed by atoms with van der Waals surface area (Å²) in [4.78, 5) is 37.2. The lowest BCUT2D eigenvalue weighted by Crippen LogP contribution is -2.08. The lowest BCUT2D eigenvalue weighted by molar-refractivity contribution is 0.0685. The Morgan fingerprint density at radius 1 is 0.793 bits per heavy atom. The van der Waals surface area contributed by atoms with Crippen LogP contribution in [0.25, 0.3) is 0 Å². The Bertz CT molecular complexity index is 1120. The molecule has 0 aliphatic heterocycles. The number of aromatic nitrogens is 4. The first-order valence-corrected chi connectivity index (χ1v) is 8.50. The zero-order valence-electron chi connectivity index (χ0n) is 14.2. The Balaban J connectivity index is 1.81. The van der Waals surface area contributed by atoms with E-state index in [-0.39, 0.29) is 22.1 Å². The van der Waals surface area contributed by atoms with E-state index >= 15 is 0 Å². The summed E-state index contributed by atoms with van der Waals surface area (Å²) in [6.45, 7) is 0. The fourth-order valence-electron chi connectivity index (χ4n) is 2.11. The van der Waals surface area contributed by atoms with Crippen LogP contribution < -0.4 is 5.32 Å². The van der Waals surface area contributed by atoms with Gasteiger partial charge in [-0.25, -0.2) is 14.6 Å². The van der Waals surface area contributed by atoms with Crippen LogP contribution in [0.5, 0.6) is 0 Å². The van der Waals surface area contributed by atoms with Crippen molar-refractivity contribution < 1.29 is 19.8 Å². The Morgan fingerprint density at radius 2 is 1.31 bits per heavy atom. The van der Waals surface area contributed by atoms with Gasteiger partial charge in [0.05, 0.1) is 0 Å². The van der Waals surface area contributed by atoms with Crippen LogP contribution in [0.1, 0.15) is 32.1 Å². The van der Waals surface area contributed by atoms with Crippen LogP contribution in [0.3, 0.4) is 0 Å². The summed E-state index contributed by atoms with van der Waals surface area (Å²) in [6.07, 6.45) is 0. The van der Waals surface area contributed by atoms with Gasteiger partial charge in [0.15, 0.2) is 0 Å². The van der Waals surface area contributed by atoms with E-state index in [4.69, 9.17) is 33.4 Å². The first-order valence-electron chi connectivity index (χ1n) is 7.75. The van der Waals surface area contributed by atoms with Gasteiger partial charge in [-0.1, -0.05) is 11.8 Å². The highest BCUT2D eigenvalue weighted by Crippen LogP contribution is 2.16. The number of carbonyl (C=O) groups is 2. The zero-order chi connectivity index (χ0) is 21.0. The normalized spacial score (nSPS) is 10.0. The first kappa shape index (κ1) is 20.0. The van der Waals surface area contributed by atoms with Gasteiger partial charge in [-0.3, -0.25) is 0 Å². The third-order valence-electron chi connectivity index (χ3n) is 3.34. The minimum absolute atomic E-state index is 0.0474. The van der Waals surface area contributed by atoms with E-state index < -0.39 is 23.3 Å². The highest BCUT2D eigenvalue weighted by atomic mass is 35.5. The molecule has 3 N–H and O–H groups in total. The summed E-state index contributed by atoms with van der Waals surface area (Å²) in [6, 6.07) is 9.19. The molecule has 0 aliphatic carbocycles. The molecule has 0 saturated heterocycles. The number of anilines is 2. The Kier molecular flexibility index (Phi) is 5.87. The van der Waals surface area contributed by atoms with E-state index in [1.807, 2.05) is 0 Å². The first-order chi connectivity index (χ1) is 13.8. The summed E-state index contributed by atoms with van der Waals surface area (Å²) in [5, 5.41) is 20.9. The lowest BCUT2D eigenvalue weighted by Gasteiger charge is -2.04. The monoisotopic (exact) mass is 429 g/mol. The van der Waals surface area contributed by atoms with Crippen molar-refractivity contribution in [2.75, 3.05) is 5.32 Å². The topological polar surface area (TPSA) is 138 Å². The maximum absolute atomic E-state index is 11.1. The Hall–Kier alpha value is -3.74. The quantitative estimate of drug-likeness (QED) is 0.533. The van der Waals surface area contributed by atoms with Crippen molar-refractivity contribution in [1.29, 1.82) is 0 Å². The van der Waals surface area contributed by atoms with Gasteiger partial charge >= 0.3 is 11.9 Å². The van der Waals surface area contributed by atoms with Gasteiger partial charge < -0.3 is 15.5 Å². The standard InChI is InChI=1S/C18H9Cl2N5O4/c19-16-23-17(20)25-18(24-16)21-11-5-3-9(4-6-11)1-2-10-7-12(14(26)27)22-13(8-10)15(28)29/h3-8H,(H,26,27)(H,28,29)(H,21,23,24,25). The van der Waals surface area contributed by atoms with Crippen molar-refractivity contribution >= 4 is 46.8 Å². The van der Waals surface area contributed by atoms with Crippen LogP contribution in [0.15, 0.2) is 36.4 Å². The van der Waals surface area contributed by atoms with Gasteiger partial charge in [0.2, 0.25) is 16.5 Å². The molecule has 144 valence electrons. The fraction of sp³-hybridized carbons (Fsp3) is 0. The Labute approximate surface area is 173 Å². The third kappa shape index (κ3) is 5.38. The molecule has 0 saturated carbocycles. The lowest BCUT2D eigenvalue weighted by atomic mass is 10.1. The minimum Gasteiger partial charge on any atom is -0.477 e. The van der Waals surface area contributed by atoms with E-state index in [2.05, 4.69) is 37.1 Å². The molecule has 0 unspecified atom stereocenters. The molecule has 0 bridgehead atoms. The van der Waals surface area contributed by atoms with Gasteiger partial charge in [0, 0.05) is 16.8 Å². The van der Waals surface area contributed by atoms with Crippen LogP contribution in [0, 0.1) is 11.8 Å². The van der Waals surface area contributed by atoms with Crippen molar-refractivity contribution in [2.45, 2.75) is 0 Å². The van der Waals surface area contributed by atoms with Gasteiger partial charge in [-0.15, -0.1) is 0 Å². The van der Waals surface area contributed by atoms with Crippen LogP contribution in [-0.4, -0.2) is 42.1 Å². The second-order valence-corrected chi connectivity index (χ2v) is 6.06. The van der Waals surface area contributed by atoms with Crippen molar-refractivity contribution in [1.82, 2.24) is 19.9 Å². The number of nitrogens with one attached hydrogen (secondary N) is 1. The van der Waals surface area contributed by atoms with Crippen molar-refractivity contribution in [2.24, 2.45) is 0 Å². The number of carboxylic acid groups (broad SMARTS) is 2. The van der Waals surface area contributed by atoms with Crippen molar-refractivity contribution in [3.05, 3.63) is 69.5 Å². The van der Waals surface area contributed by atoms with E-state index in [0.29, 0.717) is 11.3 Å². The minimum atomic E-state index is -1.34. The zero-order valence-corrected chi connectivity index (χ0v) is 15.7. The molecule has 0 amide bonds. The second kappa shape index (κ2) is 8.52. The molecular weight excluding hydrogens is 421 g/mol. The second-order valence-electron chi connectivity index (χ2n) is 5.39. The number of benzene rings is 1. The molecular formula is C18H9Cl2N5O4. The van der Waals surface area contributed by atoms with Crippen LogP contribution in [0.4, 0.5) is 11.6 Å². The SMILES string of the molecule is O=C(O)c1cc(C#Cc2ccc(Nc3nc(Cl)nc(Cl)n3)cc2)cc(C(=O)O)n1. The molecule has 9 nitrogen and oxygen atoms in total. The fourth-order valence-corrected chi connectivity index (χ4v) is 2.48. The number of rotatable bonds is 4. The highest BCUT2D eigenvalue weighted by Gasteiger charge is 2.12. The molecule has 2 heterocycles. The average Bonchev–Trinajstić information content (AvgIpc) is 2.66. The smallest absolute Gasteiger partial charge is 0.354 e. The maximum Gasteiger partial charge on any atom is 0.354 e.